The normalized spacial score (nSPS) is 19.0. The summed E-state index contributed by atoms with van der Waals surface area (Å²) in [5.74, 6) is 2.00. The number of benzene rings is 2. The van der Waals surface area contributed by atoms with E-state index in [-0.39, 0.29) is 0 Å². The highest BCUT2D eigenvalue weighted by Crippen LogP contribution is 2.57. The summed E-state index contributed by atoms with van der Waals surface area (Å²) >= 11 is 0. The molecule has 3 rings (SSSR count). The molecule has 1 aliphatic rings. The quantitative estimate of drug-likeness (QED) is 0.719. The molecule has 2 aromatic carbocycles. The van der Waals surface area contributed by atoms with Crippen molar-refractivity contribution < 1.29 is 18.6 Å². The molecule has 0 heterocycles. The minimum absolute atomic E-state index is 0.494. The van der Waals surface area contributed by atoms with Gasteiger partial charge in [-0.1, -0.05) is 30.3 Å². The maximum atomic E-state index is 6.75. The van der Waals surface area contributed by atoms with Gasteiger partial charge in [-0.05, 0) is 36.8 Å². The maximum Gasteiger partial charge on any atom is 0.203 e. The van der Waals surface area contributed by atoms with Crippen molar-refractivity contribution in [2.75, 3.05) is 21.3 Å². The van der Waals surface area contributed by atoms with E-state index in [1.54, 1.807) is 21.3 Å². The first kappa shape index (κ1) is 17.8. The monoisotopic (exact) mass is 358 g/mol. The molecule has 0 fully saturated rings. The predicted octanol–water partition coefficient (Wildman–Crippen LogP) is 4.36. The van der Waals surface area contributed by atoms with Gasteiger partial charge < -0.3 is 18.6 Å². The molecule has 0 aliphatic heterocycles. The van der Waals surface area contributed by atoms with Crippen LogP contribution in [0.2, 0.25) is 19.6 Å². The van der Waals surface area contributed by atoms with Crippen molar-refractivity contribution in [3.8, 4) is 17.2 Å². The second kappa shape index (κ2) is 6.39. The summed E-state index contributed by atoms with van der Waals surface area (Å²) in [7, 11) is 3.12. The zero-order valence-electron chi connectivity index (χ0n) is 15.8. The molecule has 5 heteroatoms. The van der Waals surface area contributed by atoms with Crippen LogP contribution in [0.1, 0.15) is 16.7 Å². The SMILES string of the molecule is COc1cc2c(c(OC)c1OC)C(O[Si](C)(C)C)(c1ccccc1)C2. The van der Waals surface area contributed by atoms with Gasteiger partial charge in [0.15, 0.2) is 19.8 Å². The Balaban J connectivity index is 2.25. The lowest BCUT2D eigenvalue weighted by molar-refractivity contribution is 0.0722. The Morgan fingerprint density at radius 2 is 1.52 bits per heavy atom. The second-order valence-corrected chi connectivity index (χ2v) is 11.7. The first-order valence-corrected chi connectivity index (χ1v) is 11.8. The van der Waals surface area contributed by atoms with Crippen molar-refractivity contribution in [1.29, 1.82) is 0 Å². The van der Waals surface area contributed by atoms with Gasteiger partial charge in [-0.2, -0.15) is 0 Å². The van der Waals surface area contributed by atoms with Gasteiger partial charge in [-0.15, -0.1) is 0 Å². The van der Waals surface area contributed by atoms with Gasteiger partial charge in [0, 0.05) is 12.0 Å². The van der Waals surface area contributed by atoms with E-state index in [1.807, 2.05) is 12.1 Å². The van der Waals surface area contributed by atoms with Crippen molar-refractivity contribution in [3.63, 3.8) is 0 Å². The van der Waals surface area contributed by atoms with Gasteiger partial charge in [0.05, 0.1) is 21.3 Å². The van der Waals surface area contributed by atoms with Crippen LogP contribution in [-0.4, -0.2) is 29.6 Å². The summed E-state index contributed by atoms with van der Waals surface area (Å²) in [5, 5.41) is 0. The third-order valence-electron chi connectivity index (χ3n) is 4.48. The molecule has 1 unspecified atom stereocenters. The smallest absolute Gasteiger partial charge is 0.203 e. The topological polar surface area (TPSA) is 36.9 Å². The van der Waals surface area contributed by atoms with Crippen LogP contribution < -0.4 is 14.2 Å². The highest BCUT2D eigenvalue weighted by atomic mass is 28.4. The van der Waals surface area contributed by atoms with Crippen molar-refractivity contribution in [2.24, 2.45) is 0 Å². The Labute approximate surface area is 150 Å². The Kier molecular flexibility index (Phi) is 4.56. The number of methoxy groups -OCH3 is 3. The number of hydrogen-bond donors (Lipinski definition) is 0. The van der Waals surface area contributed by atoms with Crippen molar-refractivity contribution in [1.82, 2.24) is 0 Å². The molecule has 2 aromatic rings. The van der Waals surface area contributed by atoms with Gasteiger partial charge in [-0.3, -0.25) is 0 Å². The fourth-order valence-corrected chi connectivity index (χ4v) is 5.00. The summed E-state index contributed by atoms with van der Waals surface area (Å²) < 4.78 is 23.6. The van der Waals surface area contributed by atoms with Crippen LogP contribution in [0.3, 0.4) is 0 Å². The average Bonchev–Trinajstić information content (AvgIpc) is 2.57. The highest BCUT2D eigenvalue weighted by Gasteiger charge is 2.51. The molecule has 4 nitrogen and oxygen atoms in total. The predicted molar refractivity (Wildman–Crippen MR) is 101 cm³/mol. The molecule has 25 heavy (non-hydrogen) atoms. The standard InChI is InChI=1S/C20H26O4Si/c1-21-16-12-14-13-20(24-25(4,5)6,15-10-8-7-9-11-15)17(14)19(23-3)18(16)22-2/h7-12H,13H2,1-6H3. The van der Waals surface area contributed by atoms with Crippen LogP contribution in [-0.2, 0) is 16.4 Å². The average molecular weight is 359 g/mol. The van der Waals surface area contributed by atoms with E-state index >= 15 is 0 Å². The third kappa shape index (κ3) is 2.91. The zero-order chi connectivity index (χ0) is 18.2. The molecule has 0 aromatic heterocycles. The lowest BCUT2D eigenvalue weighted by Gasteiger charge is -2.48. The first-order chi connectivity index (χ1) is 11.9. The fraction of sp³-hybridized carbons (Fsp3) is 0.400. The van der Waals surface area contributed by atoms with E-state index in [4.69, 9.17) is 18.6 Å². The Hall–Kier alpha value is -1.98. The van der Waals surface area contributed by atoms with E-state index < -0.39 is 13.9 Å². The van der Waals surface area contributed by atoms with Crippen LogP contribution >= 0.6 is 0 Å². The second-order valence-electron chi connectivity index (χ2n) is 7.26. The summed E-state index contributed by atoms with van der Waals surface area (Å²) in [6, 6.07) is 12.4. The van der Waals surface area contributed by atoms with Crippen LogP contribution in [0.4, 0.5) is 0 Å². The summed E-state index contributed by atoms with van der Waals surface area (Å²) in [6.07, 6.45) is 0.799. The van der Waals surface area contributed by atoms with Gasteiger partial charge >= 0.3 is 0 Å². The largest absolute Gasteiger partial charge is 0.493 e. The Bertz CT molecular complexity index is 768. The molecular formula is C20H26O4Si. The third-order valence-corrected chi connectivity index (χ3v) is 5.44. The van der Waals surface area contributed by atoms with E-state index in [9.17, 15) is 0 Å². The fourth-order valence-electron chi connectivity index (χ4n) is 3.66. The zero-order valence-corrected chi connectivity index (χ0v) is 16.8. The van der Waals surface area contributed by atoms with Gasteiger partial charge in [0.1, 0.15) is 5.60 Å². The number of hydrogen-bond acceptors (Lipinski definition) is 4. The molecule has 0 radical (unpaired) electrons. The molecule has 0 saturated heterocycles. The first-order valence-electron chi connectivity index (χ1n) is 8.44. The molecule has 0 bridgehead atoms. The minimum Gasteiger partial charge on any atom is -0.493 e. The van der Waals surface area contributed by atoms with Crippen LogP contribution in [0.5, 0.6) is 17.2 Å². The van der Waals surface area contributed by atoms with Crippen molar-refractivity contribution >= 4 is 8.32 Å². The van der Waals surface area contributed by atoms with E-state index in [0.29, 0.717) is 17.2 Å². The van der Waals surface area contributed by atoms with Crippen LogP contribution in [0.15, 0.2) is 36.4 Å². The molecule has 0 saturated carbocycles. The molecule has 1 atom stereocenters. The summed E-state index contributed by atoms with van der Waals surface area (Å²) in [4.78, 5) is 0. The van der Waals surface area contributed by atoms with Crippen LogP contribution in [0, 0.1) is 0 Å². The number of fused-ring (bicyclic) bond motifs is 1. The molecule has 134 valence electrons. The summed E-state index contributed by atoms with van der Waals surface area (Å²) in [6.45, 7) is 6.63. The highest BCUT2D eigenvalue weighted by molar-refractivity contribution is 6.69. The van der Waals surface area contributed by atoms with Gasteiger partial charge in [-0.25, -0.2) is 0 Å². The Morgan fingerprint density at radius 1 is 0.880 bits per heavy atom. The lowest BCUT2D eigenvalue weighted by Crippen LogP contribution is -2.49. The molecule has 0 amide bonds. The van der Waals surface area contributed by atoms with Crippen molar-refractivity contribution in [3.05, 3.63) is 53.1 Å². The molecule has 0 spiro atoms. The van der Waals surface area contributed by atoms with Gasteiger partial charge in [0.25, 0.3) is 0 Å². The van der Waals surface area contributed by atoms with E-state index in [0.717, 1.165) is 17.5 Å². The van der Waals surface area contributed by atoms with Crippen LogP contribution in [0.25, 0.3) is 0 Å². The van der Waals surface area contributed by atoms with Crippen molar-refractivity contribution in [2.45, 2.75) is 31.7 Å². The lowest BCUT2D eigenvalue weighted by atomic mass is 9.68. The van der Waals surface area contributed by atoms with E-state index in [1.165, 1.54) is 5.56 Å². The molecular weight excluding hydrogens is 332 g/mol. The number of ether oxygens (including phenoxy) is 3. The van der Waals surface area contributed by atoms with E-state index in [2.05, 4.69) is 43.9 Å². The number of rotatable bonds is 6. The molecule has 1 aliphatic carbocycles. The summed E-state index contributed by atoms with van der Waals surface area (Å²) in [5.41, 5.74) is 2.89. The Morgan fingerprint density at radius 3 is 2.04 bits per heavy atom. The van der Waals surface area contributed by atoms with Gasteiger partial charge in [0.2, 0.25) is 5.75 Å². The molecule has 0 N–H and O–H groups in total. The minimum atomic E-state index is -1.83. The maximum absolute atomic E-state index is 6.75.